The highest BCUT2D eigenvalue weighted by Gasteiger charge is 2.31. The maximum absolute atomic E-state index is 13.5. The Morgan fingerprint density at radius 1 is 1.16 bits per heavy atom. The summed E-state index contributed by atoms with van der Waals surface area (Å²) in [6.07, 6.45) is 2.87. The third kappa shape index (κ3) is 4.45. The van der Waals surface area contributed by atoms with Gasteiger partial charge >= 0.3 is 5.69 Å². The van der Waals surface area contributed by atoms with E-state index in [4.69, 9.17) is 0 Å². The Morgan fingerprint density at radius 3 is 2.50 bits per heavy atom. The first kappa shape index (κ1) is 22.2. The van der Waals surface area contributed by atoms with E-state index in [9.17, 15) is 19.2 Å². The molecule has 10 nitrogen and oxygen atoms in total. The highest BCUT2D eigenvalue weighted by molar-refractivity contribution is 6.05. The van der Waals surface area contributed by atoms with Crippen LogP contribution in [0.15, 0.2) is 15.7 Å². The third-order valence-electron chi connectivity index (χ3n) is 6.11. The molecular weight excluding hydrogens is 412 g/mol. The molecule has 3 heterocycles. The molecule has 4 rings (SSSR count). The summed E-state index contributed by atoms with van der Waals surface area (Å²) < 4.78 is 1.41. The van der Waals surface area contributed by atoms with E-state index in [1.54, 1.807) is 11.0 Å². The molecule has 2 fully saturated rings. The van der Waals surface area contributed by atoms with Gasteiger partial charge in [-0.05, 0) is 32.3 Å². The largest absolute Gasteiger partial charge is 0.355 e. The zero-order valence-corrected chi connectivity index (χ0v) is 18.6. The first-order valence-corrected chi connectivity index (χ1v) is 11.4. The van der Waals surface area contributed by atoms with Crippen LogP contribution in [0, 0.1) is 0 Å². The van der Waals surface area contributed by atoms with Crippen molar-refractivity contribution in [3.05, 3.63) is 38.2 Å². The van der Waals surface area contributed by atoms with Crippen LogP contribution in [0.3, 0.4) is 0 Å². The molecule has 0 radical (unpaired) electrons. The van der Waals surface area contributed by atoms with Crippen molar-refractivity contribution in [2.45, 2.75) is 45.6 Å². The lowest BCUT2D eigenvalue weighted by Crippen LogP contribution is -2.51. The molecule has 1 saturated heterocycles. The normalized spacial score (nSPS) is 17.0. The number of carbonyl (C=O) groups excluding carboxylic acids is 2. The van der Waals surface area contributed by atoms with Crippen LogP contribution in [0.4, 0.5) is 0 Å². The molecule has 0 unspecified atom stereocenters. The molecule has 172 valence electrons. The molecule has 0 bridgehead atoms. The van der Waals surface area contributed by atoms with E-state index in [0.717, 1.165) is 25.0 Å². The maximum Gasteiger partial charge on any atom is 0.329 e. The van der Waals surface area contributed by atoms with Gasteiger partial charge in [-0.25, -0.2) is 9.78 Å². The number of pyridine rings is 1. The van der Waals surface area contributed by atoms with Gasteiger partial charge in [0.2, 0.25) is 5.91 Å². The fourth-order valence-electron chi connectivity index (χ4n) is 4.15. The number of nitrogens with one attached hydrogen (secondary N) is 2. The molecule has 2 aromatic heterocycles. The van der Waals surface area contributed by atoms with Crippen LogP contribution in [0.1, 0.15) is 55.1 Å². The molecular formula is C22H30N6O4. The molecule has 0 aromatic carbocycles. The Kier molecular flexibility index (Phi) is 6.40. The maximum atomic E-state index is 13.5. The zero-order chi connectivity index (χ0) is 22.8. The Bertz CT molecular complexity index is 1140. The van der Waals surface area contributed by atoms with Crippen molar-refractivity contribution in [1.29, 1.82) is 0 Å². The van der Waals surface area contributed by atoms with Gasteiger partial charge in [-0.15, -0.1) is 0 Å². The molecule has 1 saturated carbocycles. The summed E-state index contributed by atoms with van der Waals surface area (Å²) in [6, 6.07) is 1.73. The number of rotatable bonds is 7. The average Bonchev–Trinajstić information content (AvgIpc) is 3.62. The minimum Gasteiger partial charge on any atom is -0.355 e. The molecule has 32 heavy (non-hydrogen) atoms. The van der Waals surface area contributed by atoms with E-state index in [-0.39, 0.29) is 28.8 Å². The Balaban J connectivity index is 1.60. The van der Waals surface area contributed by atoms with Gasteiger partial charge in [-0.1, -0.05) is 6.92 Å². The second-order valence-corrected chi connectivity index (χ2v) is 8.49. The molecule has 0 spiro atoms. The van der Waals surface area contributed by atoms with Crippen LogP contribution in [0.25, 0.3) is 11.0 Å². The van der Waals surface area contributed by atoms with Gasteiger partial charge in [0.15, 0.2) is 5.65 Å². The third-order valence-corrected chi connectivity index (χ3v) is 6.11. The minimum atomic E-state index is -0.584. The van der Waals surface area contributed by atoms with Gasteiger partial charge in [0.25, 0.3) is 11.5 Å². The average molecular weight is 443 g/mol. The fraction of sp³-hybridized carbons (Fsp3) is 0.591. The van der Waals surface area contributed by atoms with Gasteiger partial charge in [0, 0.05) is 50.9 Å². The highest BCUT2D eigenvalue weighted by atomic mass is 16.2. The van der Waals surface area contributed by atoms with Crippen LogP contribution >= 0.6 is 0 Å². The Labute approximate surface area is 185 Å². The summed E-state index contributed by atoms with van der Waals surface area (Å²) in [6.45, 7) is 7.23. The lowest BCUT2D eigenvalue weighted by molar-refractivity contribution is -0.122. The van der Waals surface area contributed by atoms with E-state index in [2.05, 4.69) is 15.3 Å². The van der Waals surface area contributed by atoms with E-state index in [0.29, 0.717) is 51.4 Å². The number of aryl methyl sites for hydroxylation is 1. The number of aromatic amines is 1. The van der Waals surface area contributed by atoms with Gasteiger partial charge < -0.3 is 10.2 Å². The number of hydrogen-bond donors (Lipinski definition) is 2. The monoisotopic (exact) mass is 442 g/mol. The molecule has 2 aromatic rings. The first-order chi connectivity index (χ1) is 15.4. The summed E-state index contributed by atoms with van der Waals surface area (Å²) in [7, 11) is 0. The lowest BCUT2D eigenvalue weighted by Gasteiger charge is -2.34. The van der Waals surface area contributed by atoms with Crippen molar-refractivity contribution in [3.8, 4) is 0 Å². The van der Waals surface area contributed by atoms with Gasteiger partial charge in [0.1, 0.15) is 0 Å². The van der Waals surface area contributed by atoms with E-state index < -0.39 is 11.2 Å². The van der Waals surface area contributed by atoms with Crippen molar-refractivity contribution in [1.82, 2.24) is 29.7 Å². The molecule has 2 aliphatic rings. The van der Waals surface area contributed by atoms with Crippen molar-refractivity contribution in [2.75, 3.05) is 39.3 Å². The van der Waals surface area contributed by atoms with Crippen molar-refractivity contribution < 1.29 is 9.59 Å². The number of piperazine rings is 1. The molecule has 0 atom stereocenters. The van der Waals surface area contributed by atoms with Crippen LogP contribution in [0.2, 0.25) is 0 Å². The van der Waals surface area contributed by atoms with Crippen LogP contribution in [-0.2, 0) is 11.3 Å². The SMILES string of the molecule is CCCNC(=O)CN1CCN(C(=O)c2cc(C3CC3)nc3c2c(=O)[nH]c(=O)n3CC)CC1. The number of nitrogens with zero attached hydrogens (tertiary/aromatic N) is 4. The predicted molar refractivity (Wildman–Crippen MR) is 120 cm³/mol. The van der Waals surface area contributed by atoms with Crippen molar-refractivity contribution in [2.24, 2.45) is 0 Å². The van der Waals surface area contributed by atoms with E-state index in [1.165, 1.54) is 4.57 Å². The van der Waals surface area contributed by atoms with Crippen molar-refractivity contribution >= 4 is 22.8 Å². The fourth-order valence-corrected chi connectivity index (χ4v) is 4.15. The predicted octanol–water partition coefficient (Wildman–Crippen LogP) is 0.266. The summed E-state index contributed by atoms with van der Waals surface area (Å²) >= 11 is 0. The summed E-state index contributed by atoms with van der Waals surface area (Å²) in [5.74, 6) is 0.0233. The molecule has 2 N–H and O–H groups in total. The number of aromatic nitrogens is 3. The number of hydrogen-bond acceptors (Lipinski definition) is 6. The van der Waals surface area contributed by atoms with Crippen LogP contribution < -0.4 is 16.6 Å². The summed E-state index contributed by atoms with van der Waals surface area (Å²) in [5, 5.41) is 3.04. The standard InChI is InChI=1S/C22H30N6O4/c1-3-7-23-17(29)13-26-8-10-27(11-9-26)21(31)15-12-16(14-5-6-14)24-19-18(15)20(30)25-22(32)28(19)4-2/h12,14H,3-11,13H2,1-2H3,(H,23,29)(H,25,30,32). The lowest BCUT2D eigenvalue weighted by atomic mass is 10.1. The van der Waals surface area contributed by atoms with Gasteiger partial charge in [-0.2, -0.15) is 0 Å². The minimum absolute atomic E-state index is 0.00935. The second kappa shape index (κ2) is 9.23. The topological polar surface area (TPSA) is 120 Å². The smallest absolute Gasteiger partial charge is 0.329 e. The Hall–Kier alpha value is -3.01. The molecule has 10 heteroatoms. The van der Waals surface area contributed by atoms with Crippen LogP contribution in [0.5, 0.6) is 0 Å². The molecule has 2 amide bonds. The van der Waals surface area contributed by atoms with E-state index in [1.807, 2.05) is 18.7 Å². The van der Waals surface area contributed by atoms with Crippen LogP contribution in [-0.4, -0.2) is 75.4 Å². The molecule has 1 aliphatic carbocycles. The zero-order valence-electron chi connectivity index (χ0n) is 18.6. The first-order valence-electron chi connectivity index (χ1n) is 11.4. The van der Waals surface area contributed by atoms with Gasteiger partial charge in [-0.3, -0.25) is 28.8 Å². The Morgan fingerprint density at radius 2 is 1.88 bits per heavy atom. The quantitative estimate of drug-likeness (QED) is 0.635. The molecule has 1 aliphatic heterocycles. The summed E-state index contributed by atoms with van der Waals surface area (Å²) in [4.78, 5) is 61.1. The highest BCUT2D eigenvalue weighted by Crippen LogP contribution is 2.40. The van der Waals surface area contributed by atoms with E-state index >= 15 is 0 Å². The second-order valence-electron chi connectivity index (χ2n) is 8.49. The number of carbonyl (C=O) groups is 2. The summed E-state index contributed by atoms with van der Waals surface area (Å²) in [5.41, 5.74) is 0.243. The van der Waals surface area contributed by atoms with Crippen molar-refractivity contribution in [3.63, 3.8) is 0 Å². The number of H-pyrrole nitrogens is 1. The number of fused-ring (bicyclic) bond motifs is 1. The number of amides is 2. The van der Waals surface area contributed by atoms with Gasteiger partial charge in [0.05, 0.1) is 17.5 Å².